The van der Waals surface area contributed by atoms with Crippen LogP contribution in [-0.2, 0) is 6.42 Å². The zero-order valence-electron chi connectivity index (χ0n) is 11.4. The normalized spacial score (nSPS) is 19.5. The van der Waals surface area contributed by atoms with Crippen LogP contribution in [0.15, 0.2) is 30.5 Å². The van der Waals surface area contributed by atoms with E-state index in [1.807, 2.05) is 12.3 Å². The third kappa shape index (κ3) is 2.71. The predicted octanol–water partition coefficient (Wildman–Crippen LogP) is 2.93. The second kappa shape index (κ2) is 5.57. The lowest BCUT2D eigenvalue weighted by molar-refractivity contribution is 0.397. The zero-order chi connectivity index (χ0) is 13.1. The van der Waals surface area contributed by atoms with Crippen molar-refractivity contribution in [2.45, 2.75) is 31.7 Å². The van der Waals surface area contributed by atoms with Gasteiger partial charge in [0.2, 0.25) is 0 Å². The quantitative estimate of drug-likeness (QED) is 0.917. The number of methoxy groups -OCH3 is 1. The van der Waals surface area contributed by atoms with Crippen molar-refractivity contribution in [3.8, 4) is 5.75 Å². The Morgan fingerprint density at radius 2 is 2.26 bits per heavy atom. The van der Waals surface area contributed by atoms with Crippen molar-refractivity contribution in [1.29, 1.82) is 0 Å². The second-order valence-electron chi connectivity index (χ2n) is 5.20. The van der Waals surface area contributed by atoms with E-state index in [-0.39, 0.29) is 0 Å². The monoisotopic (exact) mass is 256 g/mol. The maximum Gasteiger partial charge on any atom is 0.119 e. The summed E-state index contributed by atoms with van der Waals surface area (Å²) in [5.41, 5.74) is 1.18. The smallest absolute Gasteiger partial charge is 0.119 e. The van der Waals surface area contributed by atoms with Crippen LogP contribution < -0.4 is 10.1 Å². The summed E-state index contributed by atoms with van der Waals surface area (Å²) in [6, 6.07) is 8.84. The van der Waals surface area contributed by atoms with Crippen molar-refractivity contribution >= 4 is 10.8 Å². The van der Waals surface area contributed by atoms with Gasteiger partial charge in [0.05, 0.1) is 7.11 Å². The number of fused-ring (bicyclic) bond motifs is 1. The number of nitrogens with zero attached hydrogens (tertiary/aromatic N) is 1. The van der Waals surface area contributed by atoms with Gasteiger partial charge in [-0.05, 0) is 43.0 Å². The first kappa shape index (κ1) is 12.4. The van der Waals surface area contributed by atoms with E-state index in [0.717, 1.165) is 18.7 Å². The first-order valence-corrected chi connectivity index (χ1v) is 7.02. The molecule has 3 rings (SSSR count). The SMILES string of the molecule is COc1ccc2ccnc(CC3CCCCN3)c2c1. The molecule has 1 fully saturated rings. The summed E-state index contributed by atoms with van der Waals surface area (Å²) >= 11 is 0. The number of aromatic nitrogens is 1. The van der Waals surface area contributed by atoms with Crippen LogP contribution in [0.4, 0.5) is 0 Å². The second-order valence-corrected chi connectivity index (χ2v) is 5.20. The fourth-order valence-corrected chi connectivity index (χ4v) is 2.83. The lowest BCUT2D eigenvalue weighted by atomic mass is 9.98. The molecule has 0 amide bonds. The first-order valence-electron chi connectivity index (χ1n) is 7.02. The Bertz CT molecular complexity index is 562. The zero-order valence-corrected chi connectivity index (χ0v) is 11.4. The molecule has 1 atom stereocenters. The Labute approximate surface area is 114 Å². The summed E-state index contributed by atoms with van der Waals surface area (Å²) in [5, 5.41) is 6.04. The van der Waals surface area contributed by atoms with E-state index in [2.05, 4.69) is 28.5 Å². The minimum absolute atomic E-state index is 0.568. The maximum atomic E-state index is 5.32. The van der Waals surface area contributed by atoms with Gasteiger partial charge in [-0.25, -0.2) is 0 Å². The highest BCUT2D eigenvalue weighted by atomic mass is 16.5. The Morgan fingerprint density at radius 3 is 3.05 bits per heavy atom. The van der Waals surface area contributed by atoms with Crippen molar-refractivity contribution in [3.63, 3.8) is 0 Å². The molecule has 3 heteroatoms. The lowest BCUT2D eigenvalue weighted by Crippen LogP contribution is -2.35. The highest BCUT2D eigenvalue weighted by molar-refractivity contribution is 5.85. The van der Waals surface area contributed by atoms with Crippen molar-refractivity contribution < 1.29 is 4.74 Å². The molecule has 100 valence electrons. The minimum atomic E-state index is 0.568. The molecule has 1 aromatic heterocycles. The van der Waals surface area contributed by atoms with Crippen molar-refractivity contribution in [2.24, 2.45) is 0 Å². The molecule has 0 spiro atoms. The first-order chi connectivity index (χ1) is 9.36. The van der Waals surface area contributed by atoms with Crippen LogP contribution in [0.2, 0.25) is 0 Å². The molecule has 1 saturated heterocycles. The van der Waals surface area contributed by atoms with Gasteiger partial charge in [-0.2, -0.15) is 0 Å². The van der Waals surface area contributed by atoms with E-state index in [1.165, 1.54) is 35.7 Å². The molecule has 19 heavy (non-hydrogen) atoms. The fourth-order valence-electron chi connectivity index (χ4n) is 2.83. The van der Waals surface area contributed by atoms with Gasteiger partial charge in [0.15, 0.2) is 0 Å². The number of benzene rings is 1. The highest BCUT2D eigenvalue weighted by Gasteiger charge is 2.15. The van der Waals surface area contributed by atoms with Crippen LogP contribution in [0.5, 0.6) is 5.75 Å². The third-order valence-corrected chi connectivity index (χ3v) is 3.91. The third-order valence-electron chi connectivity index (χ3n) is 3.91. The van der Waals surface area contributed by atoms with Crippen molar-refractivity contribution in [1.82, 2.24) is 10.3 Å². The summed E-state index contributed by atoms with van der Waals surface area (Å²) in [4.78, 5) is 4.58. The Balaban J connectivity index is 1.92. The fraction of sp³-hybridized carbons (Fsp3) is 0.438. The number of piperidine rings is 1. The van der Waals surface area contributed by atoms with Crippen LogP contribution in [0.1, 0.15) is 25.0 Å². The minimum Gasteiger partial charge on any atom is -0.497 e. The maximum absolute atomic E-state index is 5.32. The molecule has 1 unspecified atom stereocenters. The summed E-state index contributed by atoms with van der Waals surface area (Å²) in [6.07, 6.45) is 6.79. The van der Waals surface area contributed by atoms with Crippen LogP contribution in [0.3, 0.4) is 0 Å². The Hall–Kier alpha value is -1.61. The summed E-state index contributed by atoms with van der Waals surface area (Å²) < 4.78 is 5.32. The number of pyridine rings is 1. The number of hydrogen-bond acceptors (Lipinski definition) is 3. The molecule has 0 radical (unpaired) electrons. The lowest BCUT2D eigenvalue weighted by Gasteiger charge is -2.23. The molecule has 2 aromatic rings. The van der Waals surface area contributed by atoms with Gasteiger partial charge < -0.3 is 10.1 Å². The Kier molecular flexibility index (Phi) is 3.65. The molecule has 1 N–H and O–H groups in total. The van der Waals surface area contributed by atoms with E-state index in [9.17, 15) is 0 Å². The van der Waals surface area contributed by atoms with E-state index >= 15 is 0 Å². The van der Waals surface area contributed by atoms with Crippen LogP contribution in [0.25, 0.3) is 10.8 Å². The standard InChI is InChI=1S/C16H20N2O/c1-19-14-6-5-12-7-9-18-16(15(12)11-14)10-13-4-2-3-8-17-13/h5-7,9,11,13,17H,2-4,8,10H2,1H3. The molecular weight excluding hydrogens is 236 g/mol. The van der Waals surface area contributed by atoms with Gasteiger partial charge in [0.25, 0.3) is 0 Å². The topological polar surface area (TPSA) is 34.1 Å². The summed E-state index contributed by atoms with van der Waals surface area (Å²) in [7, 11) is 1.71. The van der Waals surface area contributed by atoms with E-state index < -0.39 is 0 Å². The van der Waals surface area contributed by atoms with Crippen LogP contribution in [-0.4, -0.2) is 24.7 Å². The van der Waals surface area contributed by atoms with Crippen LogP contribution >= 0.6 is 0 Å². The number of nitrogens with one attached hydrogen (secondary N) is 1. The van der Waals surface area contributed by atoms with Crippen LogP contribution in [0, 0.1) is 0 Å². The summed E-state index contributed by atoms with van der Waals surface area (Å²) in [5.74, 6) is 0.901. The average molecular weight is 256 g/mol. The Morgan fingerprint density at radius 1 is 1.32 bits per heavy atom. The molecule has 3 nitrogen and oxygen atoms in total. The number of hydrogen-bond donors (Lipinski definition) is 1. The number of ether oxygens (including phenoxy) is 1. The molecule has 1 aliphatic heterocycles. The van der Waals surface area contributed by atoms with E-state index in [4.69, 9.17) is 4.74 Å². The molecule has 2 heterocycles. The molecule has 1 aliphatic rings. The molecule has 0 saturated carbocycles. The van der Waals surface area contributed by atoms with Gasteiger partial charge >= 0.3 is 0 Å². The summed E-state index contributed by atoms with van der Waals surface area (Å²) in [6.45, 7) is 1.14. The molecule has 1 aromatic carbocycles. The van der Waals surface area contributed by atoms with Crippen molar-refractivity contribution in [3.05, 3.63) is 36.2 Å². The van der Waals surface area contributed by atoms with Gasteiger partial charge in [0, 0.05) is 29.7 Å². The van der Waals surface area contributed by atoms with E-state index in [0.29, 0.717) is 6.04 Å². The van der Waals surface area contributed by atoms with Gasteiger partial charge in [0.1, 0.15) is 5.75 Å². The number of rotatable bonds is 3. The van der Waals surface area contributed by atoms with Gasteiger partial charge in [-0.15, -0.1) is 0 Å². The van der Waals surface area contributed by atoms with E-state index in [1.54, 1.807) is 7.11 Å². The molecular formula is C16H20N2O. The molecule has 0 bridgehead atoms. The average Bonchev–Trinajstić information content (AvgIpc) is 2.48. The van der Waals surface area contributed by atoms with Gasteiger partial charge in [-0.1, -0.05) is 12.5 Å². The largest absolute Gasteiger partial charge is 0.497 e. The van der Waals surface area contributed by atoms with Crippen molar-refractivity contribution in [2.75, 3.05) is 13.7 Å². The molecule has 0 aliphatic carbocycles. The van der Waals surface area contributed by atoms with Gasteiger partial charge in [-0.3, -0.25) is 4.98 Å². The predicted molar refractivity (Wildman–Crippen MR) is 77.6 cm³/mol. The highest BCUT2D eigenvalue weighted by Crippen LogP contribution is 2.24.